The van der Waals surface area contributed by atoms with Crippen molar-refractivity contribution in [2.45, 2.75) is 40.5 Å². The topological polar surface area (TPSA) is 78.1 Å². The van der Waals surface area contributed by atoms with E-state index in [-0.39, 0.29) is 5.97 Å². The lowest BCUT2D eigenvalue weighted by molar-refractivity contribution is -0.150. The third-order valence-corrected chi connectivity index (χ3v) is 4.03. The van der Waals surface area contributed by atoms with Gasteiger partial charge in [0.25, 0.3) is 5.89 Å². The van der Waals surface area contributed by atoms with Gasteiger partial charge in [-0.1, -0.05) is 13.8 Å². The van der Waals surface area contributed by atoms with Crippen molar-refractivity contribution in [3.63, 3.8) is 0 Å². The fourth-order valence-electron chi connectivity index (χ4n) is 2.06. The molecular weight excluding hydrogens is 302 g/mol. The summed E-state index contributed by atoms with van der Waals surface area (Å²) in [5, 5.41) is 10.8. The second-order valence-electron chi connectivity index (χ2n) is 6.30. The van der Waals surface area contributed by atoms with Crippen LogP contribution in [0.4, 0.5) is 0 Å². The van der Waals surface area contributed by atoms with Gasteiger partial charge in [-0.2, -0.15) is 0 Å². The Hall–Kier alpha value is -1.76. The average Bonchev–Trinajstić information content (AvgIpc) is 3.05. The quantitative estimate of drug-likeness (QED) is 0.760. The van der Waals surface area contributed by atoms with Gasteiger partial charge < -0.3 is 9.15 Å². The number of hydrogen-bond donors (Lipinski definition) is 0. The number of carbonyl (C=O) groups is 1. The first-order valence-corrected chi connectivity index (χ1v) is 8.05. The van der Waals surface area contributed by atoms with Gasteiger partial charge in [0, 0.05) is 11.8 Å². The van der Waals surface area contributed by atoms with Gasteiger partial charge in [-0.15, -0.1) is 21.5 Å². The number of hydrogen-bond acceptors (Lipinski definition) is 7. The first-order chi connectivity index (χ1) is 10.3. The molecule has 2 rings (SSSR count). The number of aromatic nitrogens is 3. The number of rotatable bonds is 6. The molecule has 0 atom stereocenters. The molecule has 0 bridgehead atoms. The molecule has 0 N–H and O–H groups in total. The molecule has 120 valence electrons. The third-order valence-electron chi connectivity index (χ3n) is 3.15. The van der Waals surface area contributed by atoms with Crippen LogP contribution in [0.1, 0.15) is 39.3 Å². The van der Waals surface area contributed by atoms with E-state index in [1.165, 1.54) is 18.4 Å². The van der Waals surface area contributed by atoms with Crippen LogP contribution in [0.5, 0.6) is 0 Å². The zero-order chi connectivity index (χ0) is 16.3. The van der Waals surface area contributed by atoms with Crippen LogP contribution in [0.15, 0.2) is 9.80 Å². The Morgan fingerprint density at radius 3 is 2.77 bits per heavy atom. The first-order valence-electron chi connectivity index (χ1n) is 7.17. The highest BCUT2D eigenvalue weighted by atomic mass is 32.1. The van der Waals surface area contributed by atoms with Crippen molar-refractivity contribution in [3.8, 4) is 10.9 Å². The molecule has 0 aromatic carbocycles. The Labute approximate surface area is 133 Å². The van der Waals surface area contributed by atoms with Gasteiger partial charge in [0.05, 0.1) is 18.2 Å². The first kappa shape index (κ1) is 16.6. The molecule has 0 unspecified atom stereocenters. The van der Waals surface area contributed by atoms with Crippen LogP contribution in [0.3, 0.4) is 0 Å². The third kappa shape index (κ3) is 3.91. The molecule has 2 aromatic heterocycles. The molecule has 0 aliphatic rings. The summed E-state index contributed by atoms with van der Waals surface area (Å²) in [5.74, 6) is 1.05. The molecule has 2 aromatic rings. The van der Waals surface area contributed by atoms with Crippen molar-refractivity contribution in [1.82, 2.24) is 15.2 Å². The molecule has 2 heterocycles. The smallest absolute Gasteiger partial charge is 0.311 e. The molecule has 0 aliphatic heterocycles. The maximum atomic E-state index is 11.7. The van der Waals surface area contributed by atoms with Crippen LogP contribution in [0.25, 0.3) is 10.9 Å². The largest absolute Gasteiger partial charge is 0.469 e. The predicted molar refractivity (Wildman–Crippen MR) is 83.4 cm³/mol. The van der Waals surface area contributed by atoms with Crippen molar-refractivity contribution in [1.29, 1.82) is 0 Å². The molecule has 7 heteroatoms. The van der Waals surface area contributed by atoms with Crippen molar-refractivity contribution in [3.05, 3.63) is 17.0 Å². The van der Waals surface area contributed by atoms with E-state index in [0.717, 1.165) is 12.1 Å². The molecule has 6 nitrogen and oxygen atoms in total. The van der Waals surface area contributed by atoms with E-state index >= 15 is 0 Å². The molecule has 0 amide bonds. The molecule has 0 spiro atoms. The van der Waals surface area contributed by atoms with Gasteiger partial charge in [0.15, 0.2) is 5.01 Å². The number of carbonyl (C=O) groups excluding carboxylic acids is 1. The van der Waals surface area contributed by atoms with Gasteiger partial charge in [0.1, 0.15) is 0 Å². The Bertz CT molecular complexity index is 646. The lowest BCUT2D eigenvalue weighted by Gasteiger charge is -2.18. The second-order valence-corrected chi connectivity index (χ2v) is 7.15. The minimum Gasteiger partial charge on any atom is -0.469 e. The highest BCUT2D eigenvalue weighted by Gasteiger charge is 2.31. The lowest BCUT2D eigenvalue weighted by Crippen LogP contribution is -2.28. The van der Waals surface area contributed by atoms with E-state index < -0.39 is 5.41 Å². The van der Waals surface area contributed by atoms with Gasteiger partial charge >= 0.3 is 5.97 Å². The van der Waals surface area contributed by atoms with E-state index in [1.54, 1.807) is 13.8 Å². The number of ether oxygens (including phenoxy) is 1. The fourth-order valence-corrected chi connectivity index (χ4v) is 2.81. The lowest BCUT2D eigenvalue weighted by atomic mass is 9.89. The normalized spacial score (nSPS) is 11.9. The molecule has 0 radical (unpaired) electrons. The number of methoxy groups -OCH3 is 1. The van der Waals surface area contributed by atoms with Crippen molar-refractivity contribution < 1.29 is 13.9 Å². The Balaban J connectivity index is 2.11. The van der Waals surface area contributed by atoms with Crippen LogP contribution in [0.2, 0.25) is 0 Å². The van der Waals surface area contributed by atoms with Gasteiger partial charge in [-0.05, 0) is 26.2 Å². The van der Waals surface area contributed by atoms with E-state index in [4.69, 9.17) is 9.15 Å². The van der Waals surface area contributed by atoms with E-state index in [1.807, 2.05) is 5.38 Å². The number of esters is 1. The Morgan fingerprint density at radius 1 is 1.41 bits per heavy atom. The average molecular weight is 323 g/mol. The van der Waals surface area contributed by atoms with E-state index in [9.17, 15) is 4.79 Å². The summed E-state index contributed by atoms with van der Waals surface area (Å²) in [6, 6.07) is 0. The van der Waals surface area contributed by atoms with Gasteiger partial charge in [0.2, 0.25) is 5.89 Å². The minimum atomic E-state index is -0.704. The molecule has 0 fully saturated rings. The molecule has 0 saturated carbocycles. The summed E-state index contributed by atoms with van der Waals surface area (Å²) >= 11 is 1.49. The highest BCUT2D eigenvalue weighted by Crippen LogP contribution is 2.27. The Kier molecular flexibility index (Phi) is 4.95. The molecule has 0 saturated heterocycles. The predicted octanol–water partition coefficient (Wildman–Crippen LogP) is 3.13. The van der Waals surface area contributed by atoms with Crippen LogP contribution in [0, 0.1) is 11.3 Å². The van der Waals surface area contributed by atoms with Crippen LogP contribution in [-0.2, 0) is 22.4 Å². The summed E-state index contributed by atoms with van der Waals surface area (Å²) in [5.41, 5.74) is 0.328. The SMILES string of the molecule is COC(=O)C(C)(C)Cc1nnc(-c2nc(CC(C)C)cs2)o1. The maximum absolute atomic E-state index is 11.7. The van der Waals surface area contributed by atoms with Crippen LogP contribution < -0.4 is 0 Å². The van der Waals surface area contributed by atoms with Crippen LogP contribution >= 0.6 is 11.3 Å². The molecule has 0 aliphatic carbocycles. The monoisotopic (exact) mass is 323 g/mol. The summed E-state index contributed by atoms with van der Waals surface area (Å²) in [4.78, 5) is 16.2. The van der Waals surface area contributed by atoms with Crippen molar-refractivity contribution in [2.24, 2.45) is 11.3 Å². The summed E-state index contributed by atoms with van der Waals surface area (Å²) in [7, 11) is 1.37. The zero-order valence-corrected chi connectivity index (χ0v) is 14.4. The summed E-state index contributed by atoms with van der Waals surface area (Å²) < 4.78 is 10.4. The van der Waals surface area contributed by atoms with Crippen molar-refractivity contribution >= 4 is 17.3 Å². The van der Waals surface area contributed by atoms with Crippen LogP contribution in [-0.4, -0.2) is 28.3 Å². The minimum absolute atomic E-state index is 0.305. The Morgan fingerprint density at radius 2 is 2.14 bits per heavy atom. The van der Waals surface area contributed by atoms with E-state index in [2.05, 4.69) is 29.0 Å². The van der Waals surface area contributed by atoms with E-state index in [0.29, 0.717) is 29.1 Å². The van der Waals surface area contributed by atoms with Gasteiger partial charge in [-0.3, -0.25) is 4.79 Å². The molecule has 22 heavy (non-hydrogen) atoms. The fraction of sp³-hybridized carbons (Fsp3) is 0.600. The zero-order valence-electron chi connectivity index (χ0n) is 13.5. The highest BCUT2D eigenvalue weighted by molar-refractivity contribution is 7.13. The molecular formula is C15H21N3O3S. The number of thiazole rings is 1. The van der Waals surface area contributed by atoms with Crippen molar-refractivity contribution in [2.75, 3.05) is 7.11 Å². The standard InChI is InChI=1S/C15H21N3O3S/c1-9(2)6-10-8-22-13(16-10)12-18-17-11(21-12)7-15(3,4)14(19)20-5/h8-9H,6-7H2,1-5H3. The summed E-state index contributed by atoms with van der Waals surface area (Å²) in [6.45, 7) is 7.87. The summed E-state index contributed by atoms with van der Waals surface area (Å²) in [6.07, 6.45) is 1.25. The second kappa shape index (κ2) is 6.56. The maximum Gasteiger partial charge on any atom is 0.311 e. The van der Waals surface area contributed by atoms with Gasteiger partial charge in [-0.25, -0.2) is 4.98 Å². The number of nitrogens with zero attached hydrogens (tertiary/aromatic N) is 3.